The molecule has 1 spiro atoms. The number of hydrogen-bond donors (Lipinski definition) is 0. The fraction of sp³-hybridized carbons (Fsp3) is 0.867. The summed E-state index contributed by atoms with van der Waals surface area (Å²) >= 11 is 0. The van der Waals surface area contributed by atoms with Gasteiger partial charge in [-0.2, -0.15) is 0 Å². The van der Waals surface area contributed by atoms with Gasteiger partial charge in [0.25, 0.3) is 0 Å². The third-order valence-corrected chi connectivity index (χ3v) is 13.6. The molecular formula is C30H44O3. The highest BCUT2D eigenvalue weighted by molar-refractivity contribution is 5.85. The van der Waals surface area contributed by atoms with E-state index in [9.17, 15) is 9.59 Å². The minimum Gasteiger partial charge on any atom is -0.453 e. The number of carbonyl (C=O) groups is 2. The number of rotatable bonds is 0. The largest absolute Gasteiger partial charge is 0.453 e. The molecular weight excluding hydrogens is 408 g/mol. The molecule has 182 valence electrons. The van der Waals surface area contributed by atoms with Crippen LogP contribution >= 0.6 is 0 Å². The van der Waals surface area contributed by atoms with Gasteiger partial charge in [0, 0.05) is 23.2 Å². The molecule has 6 aliphatic rings. The van der Waals surface area contributed by atoms with E-state index in [1.165, 1.54) is 0 Å². The molecule has 1 saturated heterocycles. The molecule has 0 N–H and O–H groups in total. The summed E-state index contributed by atoms with van der Waals surface area (Å²) in [6.07, 6.45) is 13.1. The van der Waals surface area contributed by atoms with Crippen molar-refractivity contribution in [2.45, 2.75) is 105 Å². The maximum Gasteiger partial charge on any atom is 0.313 e. The van der Waals surface area contributed by atoms with Crippen molar-refractivity contribution in [3.8, 4) is 0 Å². The highest BCUT2D eigenvalue weighted by Crippen LogP contribution is 2.79. The molecule has 3 heteroatoms. The first-order chi connectivity index (χ1) is 15.3. The molecule has 0 amide bonds. The van der Waals surface area contributed by atoms with E-state index in [-0.39, 0.29) is 33.0 Å². The van der Waals surface area contributed by atoms with E-state index in [1.807, 2.05) is 0 Å². The van der Waals surface area contributed by atoms with Crippen LogP contribution < -0.4 is 0 Å². The molecule has 5 aliphatic carbocycles. The van der Waals surface area contributed by atoms with Crippen molar-refractivity contribution >= 4 is 11.8 Å². The van der Waals surface area contributed by atoms with Crippen molar-refractivity contribution < 1.29 is 14.3 Å². The number of hydrogen-bond acceptors (Lipinski definition) is 3. The smallest absolute Gasteiger partial charge is 0.313 e. The number of fused-ring (bicyclic) bond motifs is 4. The zero-order valence-electron chi connectivity index (χ0n) is 21.9. The summed E-state index contributed by atoms with van der Waals surface area (Å²) in [5.74, 6) is 2.83. The summed E-state index contributed by atoms with van der Waals surface area (Å²) < 4.78 is 6.70. The number of carbonyl (C=O) groups excluding carboxylic acids is 2. The molecule has 4 saturated carbocycles. The molecule has 2 bridgehead atoms. The molecule has 10 atom stereocenters. The van der Waals surface area contributed by atoms with Gasteiger partial charge in [-0.3, -0.25) is 9.59 Å². The van der Waals surface area contributed by atoms with Crippen LogP contribution in [0.2, 0.25) is 0 Å². The fourth-order valence-electron chi connectivity index (χ4n) is 11.2. The normalized spacial score (nSPS) is 58.6. The van der Waals surface area contributed by atoms with Gasteiger partial charge < -0.3 is 4.74 Å². The van der Waals surface area contributed by atoms with E-state index >= 15 is 0 Å². The Bertz CT molecular complexity index is 964. The lowest BCUT2D eigenvalue weighted by molar-refractivity contribution is -0.235. The molecule has 6 rings (SSSR count). The predicted octanol–water partition coefficient (Wildman–Crippen LogP) is 6.75. The maximum atomic E-state index is 13.6. The van der Waals surface area contributed by atoms with Gasteiger partial charge >= 0.3 is 5.97 Å². The Labute approximate surface area is 200 Å². The number of esters is 1. The Morgan fingerprint density at radius 2 is 1.64 bits per heavy atom. The van der Waals surface area contributed by atoms with E-state index in [2.05, 4.69) is 60.6 Å². The summed E-state index contributed by atoms with van der Waals surface area (Å²) in [5, 5.41) is 0. The summed E-state index contributed by atoms with van der Waals surface area (Å²) in [6, 6.07) is 0. The van der Waals surface area contributed by atoms with Crippen LogP contribution in [0.15, 0.2) is 12.2 Å². The Hall–Kier alpha value is -1.12. The predicted molar refractivity (Wildman–Crippen MR) is 129 cm³/mol. The first kappa shape index (κ1) is 22.4. The van der Waals surface area contributed by atoms with Gasteiger partial charge in [0.05, 0.1) is 5.41 Å². The van der Waals surface area contributed by atoms with Gasteiger partial charge in [0.15, 0.2) is 0 Å². The zero-order valence-corrected chi connectivity index (χ0v) is 21.9. The molecule has 0 radical (unpaired) electrons. The van der Waals surface area contributed by atoms with Crippen LogP contribution in [0.4, 0.5) is 0 Å². The van der Waals surface area contributed by atoms with Gasteiger partial charge in [-0.05, 0) is 85.5 Å². The first-order valence-electron chi connectivity index (χ1n) is 13.8. The summed E-state index contributed by atoms with van der Waals surface area (Å²) in [5.41, 5.74) is -0.850. The minimum atomic E-state index is -0.467. The van der Waals surface area contributed by atoms with E-state index in [0.717, 1.165) is 44.9 Å². The van der Waals surface area contributed by atoms with Crippen LogP contribution in [-0.2, 0) is 14.3 Å². The fourth-order valence-corrected chi connectivity index (χ4v) is 11.2. The minimum absolute atomic E-state index is 0.0648. The third kappa shape index (κ3) is 2.17. The molecule has 0 aromatic carbocycles. The van der Waals surface area contributed by atoms with E-state index < -0.39 is 5.60 Å². The second-order valence-corrected chi connectivity index (χ2v) is 14.5. The average molecular weight is 453 g/mol. The molecule has 1 heterocycles. The van der Waals surface area contributed by atoms with Crippen LogP contribution in [0, 0.1) is 56.7 Å². The van der Waals surface area contributed by atoms with Gasteiger partial charge in [-0.25, -0.2) is 0 Å². The molecule has 33 heavy (non-hydrogen) atoms. The maximum absolute atomic E-state index is 13.6. The van der Waals surface area contributed by atoms with Crippen LogP contribution in [0.3, 0.4) is 0 Å². The van der Waals surface area contributed by atoms with Crippen molar-refractivity contribution in [2.24, 2.45) is 56.7 Å². The third-order valence-electron chi connectivity index (χ3n) is 13.6. The van der Waals surface area contributed by atoms with Crippen LogP contribution in [0.5, 0.6) is 0 Å². The van der Waals surface area contributed by atoms with E-state index in [1.54, 1.807) is 0 Å². The first-order valence-corrected chi connectivity index (χ1v) is 13.8. The van der Waals surface area contributed by atoms with Crippen molar-refractivity contribution in [3.63, 3.8) is 0 Å². The lowest BCUT2D eigenvalue weighted by Gasteiger charge is -2.71. The van der Waals surface area contributed by atoms with E-state index in [0.29, 0.717) is 41.8 Å². The van der Waals surface area contributed by atoms with Crippen molar-refractivity contribution in [3.05, 3.63) is 12.2 Å². The van der Waals surface area contributed by atoms with Crippen LogP contribution in [-0.4, -0.2) is 17.4 Å². The number of allylic oxidation sites excluding steroid dienone is 1. The Morgan fingerprint density at radius 3 is 2.36 bits per heavy atom. The monoisotopic (exact) mass is 452 g/mol. The number of ether oxygens (including phenoxy) is 1. The number of ketones is 1. The molecule has 2 unspecified atom stereocenters. The SMILES string of the molecule is C[C@@H]1[C@@H]2[C@]3(CC[C@@H]1C)CC[C@@]1(C)[C@@]2(C=CC2[C@@]4(C)CCC(=O)C(C)(C)C4CC[C@]21C)OC3=O. The second-order valence-electron chi connectivity index (χ2n) is 14.5. The van der Waals surface area contributed by atoms with Gasteiger partial charge in [-0.1, -0.05) is 54.5 Å². The number of Topliss-reactive ketones (excluding diaryl/α,β-unsaturated/α-hetero) is 1. The van der Waals surface area contributed by atoms with E-state index in [4.69, 9.17) is 4.74 Å². The highest BCUT2D eigenvalue weighted by Gasteiger charge is 2.80. The van der Waals surface area contributed by atoms with Crippen molar-refractivity contribution in [2.75, 3.05) is 0 Å². The average Bonchev–Trinajstić information content (AvgIpc) is 2.95. The topological polar surface area (TPSA) is 43.4 Å². The van der Waals surface area contributed by atoms with Gasteiger partial charge in [0.1, 0.15) is 11.4 Å². The zero-order chi connectivity index (χ0) is 23.8. The lowest BCUT2D eigenvalue weighted by atomic mass is 9.32. The Kier molecular flexibility index (Phi) is 4.17. The lowest BCUT2D eigenvalue weighted by Crippen LogP contribution is -2.70. The molecule has 5 fully saturated rings. The highest BCUT2D eigenvalue weighted by atomic mass is 16.6. The van der Waals surface area contributed by atoms with Gasteiger partial charge in [-0.15, -0.1) is 0 Å². The standard InChI is InChI=1S/C30H44O3/c1-18-8-14-29-17-16-28(7)27(6)13-9-20-25(3,4)22(31)11-12-26(20,5)21(27)10-15-30(28,33-24(29)32)23(29)19(18)2/h10,15,18-21,23H,8-9,11-14,16-17H2,1-7H3/t18-,19-,20?,21?,23+,26-,27+,28+,29-,30-/m0/s1. The molecule has 0 aromatic rings. The molecule has 3 nitrogen and oxygen atoms in total. The van der Waals surface area contributed by atoms with Crippen molar-refractivity contribution in [1.29, 1.82) is 0 Å². The van der Waals surface area contributed by atoms with Gasteiger partial charge in [0.2, 0.25) is 0 Å². The quantitative estimate of drug-likeness (QED) is 0.302. The molecule has 0 aromatic heterocycles. The summed E-state index contributed by atoms with van der Waals surface area (Å²) in [4.78, 5) is 26.6. The Balaban J connectivity index is 1.52. The summed E-state index contributed by atoms with van der Waals surface area (Å²) in [6.45, 7) is 16.7. The molecule has 1 aliphatic heterocycles. The Morgan fingerprint density at radius 1 is 0.909 bits per heavy atom. The van der Waals surface area contributed by atoms with Crippen molar-refractivity contribution in [1.82, 2.24) is 0 Å². The van der Waals surface area contributed by atoms with Crippen LogP contribution in [0.1, 0.15) is 99.8 Å². The second kappa shape index (κ2) is 6.16. The summed E-state index contributed by atoms with van der Waals surface area (Å²) in [7, 11) is 0. The van der Waals surface area contributed by atoms with Crippen LogP contribution in [0.25, 0.3) is 0 Å².